The molecule has 0 aliphatic heterocycles. The molecule has 0 rings (SSSR count). The van der Waals surface area contributed by atoms with Crippen molar-refractivity contribution in [2.75, 3.05) is 32.1 Å². The van der Waals surface area contributed by atoms with E-state index in [0.29, 0.717) is 13.0 Å². The van der Waals surface area contributed by atoms with Gasteiger partial charge in [-0.1, -0.05) is 12.8 Å². The van der Waals surface area contributed by atoms with Crippen LogP contribution in [0, 0.1) is 0 Å². The molecule has 0 atom stereocenters. The van der Waals surface area contributed by atoms with Crippen LogP contribution in [0.1, 0.15) is 32.1 Å². The van der Waals surface area contributed by atoms with Crippen LogP contribution in [-0.4, -0.2) is 62.6 Å². The van der Waals surface area contributed by atoms with Crippen LogP contribution in [0.2, 0.25) is 0 Å². The van der Waals surface area contributed by atoms with Gasteiger partial charge in [0.15, 0.2) is 0 Å². The van der Waals surface area contributed by atoms with Gasteiger partial charge in [0.25, 0.3) is 0 Å². The monoisotopic (exact) mass is 308 g/mol. The maximum Gasteiger partial charge on any atom is 0.317 e. The molecule has 0 aromatic rings. The normalized spacial score (nSPS) is 11.1. The number of amides is 2. The largest absolute Gasteiger partial charge is 0.481 e. The van der Waals surface area contributed by atoms with Crippen LogP contribution in [0.5, 0.6) is 0 Å². The molecule has 0 aliphatic carbocycles. The maximum atomic E-state index is 11.6. The fourth-order valence-corrected chi connectivity index (χ4v) is 2.09. The summed E-state index contributed by atoms with van der Waals surface area (Å²) in [5.41, 5.74) is 0. The first-order chi connectivity index (χ1) is 9.22. The third kappa shape index (κ3) is 11.8. The van der Waals surface area contributed by atoms with E-state index in [2.05, 4.69) is 5.32 Å². The van der Waals surface area contributed by atoms with Gasteiger partial charge in [-0.25, -0.2) is 13.2 Å². The third-order valence-electron chi connectivity index (χ3n) is 2.74. The zero-order valence-electron chi connectivity index (χ0n) is 12.1. The second-order valence-electron chi connectivity index (χ2n) is 4.84. The Labute approximate surface area is 120 Å². The summed E-state index contributed by atoms with van der Waals surface area (Å²) < 4.78 is 21.9. The Hall–Kier alpha value is -1.31. The fourth-order valence-electron chi connectivity index (χ4n) is 1.49. The summed E-state index contributed by atoms with van der Waals surface area (Å²) in [6, 6.07) is -0.292. The van der Waals surface area contributed by atoms with E-state index in [9.17, 15) is 18.0 Å². The van der Waals surface area contributed by atoms with E-state index in [1.54, 1.807) is 7.05 Å². The number of rotatable bonds is 10. The van der Waals surface area contributed by atoms with Crippen molar-refractivity contribution >= 4 is 21.8 Å². The standard InChI is InChI=1S/C12H24N2O5S/c1-14(9-10-20(2,18)19)12(17)13-8-6-4-3-5-7-11(15)16/h3-10H2,1-2H3,(H,13,17)(H,15,16). The van der Waals surface area contributed by atoms with Crippen molar-refractivity contribution in [3.05, 3.63) is 0 Å². The zero-order chi connectivity index (χ0) is 15.6. The lowest BCUT2D eigenvalue weighted by Crippen LogP contribution is -2.39. The van der Waals surface area contributed by atoms with E-state index in [1.165, 1.54) is 4.90 Å². The minimum Gasteiger partial charge on any atom is -0.481 e. The van der Waals surface area contributed by atoms with Crippen molar-refractivity contribution in [1.82, 2.24) is 10.2 Å². The number of aliphatic carboxylic acids is 1. The predicted molar refractivity (Wildman–Crippen MR) is 76.5 cm³/mol. The number of hydrogen-bond acceptors (Lipinski definition) is 4. The van der Waals surface area contributed by atoms with Crippen molar-refractivity contribution in [2.45, 2.75) is 32.1 Å². The molecule has 0 saturated heterocycles. The number of nitrogens with one attached hydrogen (secondary N) is 1. The van der Waals surface area contributed by atoms with E-state index in [-0.39, 0.29) is 24.7 Å². The van der Waals surface area contributed by atoms with Crippen LogP contribution in [0.15, 0.2) is 0 Å². The topological polar surface area (TPSA) is 104 Å². The molecule has 0 aliphatic rings. The van der Waals surface area contributed by atoms with Gasteiger partial charge in [0, 0.05) is 32.8 Å². The van der Waals surface area contributed by atoms with Gasteiger partial charge in [0.2, 0.25) is 0 Å². The molecule has 8 heteroatoms. The second kappa shape index (κ2) is 9.57. The number of carboxylic acid groups (broad SMARTS) is 1. The summed E-state index contributed by atoms with van der Waals surface area (Å²) in [7, 11) is -1.52. The summed E-state index contributed by atoms with van der Waals surface area (Å²) in [4.78, 5) is 23.2. The highest BCUT2D eigenvalue weighted by Crippen LogP contribution is 2.02. The lowest BCUT2D eigenvalue weighted by Gasteiger charge is -2.17. The lowest BCUT2D eigenvalue weighted by atomic mass is 10.1. The highest BCUT2D eigenvalue weighted by atomic mass is 32.2. The Morgan fingerprint density at radius 1 is 1.15 bits per heavy atom. The van der Waals surface area contributed by atoms with Crippen molar-refractivity contribution in [3.8, 4) is 0 Å². The number of urea groups is 1. The smallest absolute Gasteiger partial charge is 0.317 e. The molecule has 0 saturated carbocycles. The zero-order valence-corrected chi connectivity index (χ0v) is 12.9. The Morgan fingerprint density at radius 2 is 1.75 bits per heavy atom. The van der Waals surface area contributed by atoms with E-state index >= 15 is 0 Å². The number of unbranched alkanes of at least 4 members (excludes halogenated alkanes) is 3. The predicted octanol–water partition coefficient (Wildman–Crippen LogP) is 0.708. The molecule has 0 unspecified atom stereocenters. The van der Waals surface area contributed by atoms with Gasteiger partial charge in [-0.2, -0.15) is 0 Å². The van der Waals surface area contributed by atoms with Crippen LogP contribution in [0.25, 0.3) is 0 Å². The van der Waals surface area contributed by atoms with E-state index in [0.717, 1.165) is 25.5 Å². The first-order valence-electron chi connectivity index (χ1n) is 6.61. The molecule has 0 spiro atoms. The summed E-state index contributed by atoms with van der Waals surface area (Å²) in [6.07, 6.45) is 4.44. The van der Waals surface area contributed by atoms with E-state index < -0.39 is 15.8 Å². The average Bonchev–Trinajstić information content (AvgIpc) is 2.33. The lowest BCUT2D eigenvalue weighted by molar-refractivity contribution is -0.137. The molecule has 2 amide bonds. The molecule has 0 radical (unpaired) electrons. The molecule has 7 nitrogen and oxygen atoms in total. The first kappa shape index (κ1) is 18.7. The van der Waals surface area contributed by atoms with Crippen LogP contribution in [0.4, 0.5) is 4.79 Å². The number of carboxylic acids is 1. The van der Waals surface area contributed by atoms with Crippen LogP contribution in [0.3, 0.4) is 0 Å². The molecular weight excluding hydrogens is 284 g/mol. The van der Waals surface area contributed by atoms with Crippen LogP contribution in [-0.2, 0) is 14.6 Å². The van der Waals surface area contributed by atoms with Crippen molar-refractivity contribution in [2.24, 2.45) is 0 Å². The summed E-state index contributed by atoms with van der Waals surface area (Å²) >= 11 is 0. The highest BCUT2D eigenvalue weighted by molar-refractivity contribution is 7.90. The molecule has 0 fully saturated rings. The molecule has 118 valence electrons. The molecular formula is C12H24N2O5S. The third-order valence-corrected chi connectivity index (χ3v) is 3.66. The van der Waals surface area contributed by atoms with Gasteiger partial charge in [0.05, 0.1) is 5.75 Å². The van der Waals surface area contributed by atoms with E-state index in [1.807, 2.05) is 0 Å². The fraction of sp³-hybridized carbons (Fsp3) is 0.833. The number of nitrogens with zero attached hydrogens (tertiary/aromatic N) is 1. The van der Waals surface area contributed by atoms with Gasteiger partial charge in [0.1, 0.15) is 9.84 Å². The quantitative estimate of drug-likeness (QED) is 0.578. The summed E-state index contributed by atoms with van der Waals surface area (Å²) in [5, 5.41) is 11.1. The Kier molecular flexibility index (Phi) is 8.94. The average molecular weight is 308 g/mol. The van der Waals surface area contributed by atoms with Crippen molar-refractivity contribution in [1.29, 1.82) is 0 Å². The number of carbonyl (C=O) groups excluding carboxylic acids is 1. The molecule has 0 aromatic carbocycles. The number of hydrogen-bond donors (Lipinski definition) is 2. The SMILES string of the molecule is CN(CCS(C)(=O)=O)C(=O)NCCCCCCC(=O)O. The molecule has 0 bridgehead atoms. The molecule has 2 N–H and O–H groups in total. The Morgan fingerprint density at radius 3 is 2.30 bits per heavy atom. The minimum atomic E-state index is -3.06. The molecule has 20 heavy (non-hydrogen) atoms. The van der Waals surface area contributed by atoms with E-state index in [4.69, 9.17) is 5.11 Å². The van der Waals surface area contributed by atoms with Crippen molar-refractivity contribution < 1.29 is 23.1 Å². The van der Waals surface area contributed by atoms with Crippen molar-refractivity contribution in [3.63, 3.8) is 0 Å². The minimum absolute atomic E-state index is 0.0495. The van der Waals surface area contributed by atoms with Gasteiger partial charge in [-0.3, -0.25) is 4.79 Å². The molecule has 0 aromatic heterocycles. The Bertz CT molecular complexity index is 408. The molecule has 0 heterocycles. The Balaban J connectivity index is 3.60. The number of sulfone groups is 1. The van der Waals surface area contributed by atoms with Gasteiger partial charge in [-0.15, -0.1) is 0 Å². The van der Waals surface area contributed by atoms with Crippen LogP contribution >= 0.6 is 0 Å². The maximum absolute atomic E-state index is 11.6. The van der Waals surface area contributed by atoms with Crippen LogP contribution < -0.4 is 5.32 Å². The van der Waals surface area contributed by atoms with Gasteiger partial charge < -0.3 is 15.3 Å². The second-order valence-corrected chi connectivity index (χ2v) is 7.10. The summed E-state index contributed by atoms with van der Waals surface area (Å²) in [6.45, 7) is 0.679. The number of carbonyl (C=O) groups is 2. The summed E-state index contributed by atoms with van der Waals surface area (Å²) in [5.74, 6) is -0.836. The van der Waals surface area contributed by atoms with Gasteiger partial charge in [-0.05, 0) is 12.8 Å². The first-order valence-corrected chi connectivity index (χ1v) is 8.67. The van der Waals surface area contributed by atoms with Gasteiger partial charge >= 0.3 is 12.0 Å². The highest BCUT2D eigenvalue weighted by Gasteiger charge is 2.10.